The highest BCUT2D eigenvalue weighted by Crippen LogP contribution is 2.15. The van der Waals surface area contributed by atoms with Crippen LogP contribution in [0.25, 0.3) is 0 Å². The SMILES string of the molecule is CC(NCC(N)=O)c1ccc(Br)cc1. The van der Waals surface area contributed by atoms with Gasteiger partial charge in [-0.1, -0.05) is 28.1 Å². The minimum atomic E-state index is -0.339. The Hall–Kier alpha value is -0.870. The summed E-state index contributed by atoms with van der Waals surface area (Å²) in [6.07, 6.45) is 0. The van der Waals surface area contributed by atoms with E-state index in [1.165, 1.54) is 0 Å². The third kappa shape index (κ3) is 3.47. The number of rotatable bonds is 4. The van der Waals surface area contributed by atoms with Crippen molar-refractivity contribution in [1.29, 1.82) is 0 Å². The molecule has 0 saturated carbocycles. The van der Waals surface area contributed by atoms with Crippen LogP contribution >= 0.6 is 15.9 Å². The Morgan fingerprint density at radius 2 is 2.07 bits per heavy atom. The van der Waals surface area contributed by atoms with Crippen LogP contribution in [-0.4, -0.2) is 12.5 Å². The van der Waals surface area contributed by atoms with E-state index in [9.17, 15) is 4.79 Å². The van der Waals surface area contributed by atoms with Gasteiger partial charge in [-0.25, -0.2) is 0 Å². The van der Waals surface area contributed by atoms with Gasteiger partial charge in [0.05, 0.1) is 6.54 Å². The summed E-state index contributed by atoms with van der Waals surface area (Å²) in [6, 6.07) is 8.08. The lowest BCUT2D eigenvalue weighted by Crippen LogP contribution is -2.30. The molecule has 0 saturated heterocycles. The van der Waals surface area contributed by atoms with Gasteiger partial charge in [-0.3, -0.25) is 4.79 Å². The molecule has 0 radical (unpaired) electrons. The van der Waals surface area contributed by atoms with E-state index in [1.54, 1.807) is 0 Å². The molecule has 0 aliphatic heterocycles. The molecule has 1 amide bonds. The highest BCUT2D eigenvalue weighted by atomic mass is 79.9. The molecule has 1 rings (SSSR count). The van der Waals surface area contributed by atoms with Gasteiger partial charge in [-0.05, 0) is 24.6 Å². The smallest absolute Gasteiger partial charge is 0.231 e. The van der Waals surface area contributed by atoms with Crippen molar-refractivity contribution in [3.63, 3.8) is 0 Å². The van der Waals surface area contributed by atoms with E-state index in [4.69, 9.17) is 5.73 Å². The molecule has 1 aromatic rings. The Balaban J connectivity index is 2.56. The predicted octanol–water partition coefficient (Wildman–Crippen LogP) is 1.59. The molecule has 3 N–H and O–H groups in total. The summed E-state index contributed by atoms with van der Waals surface area (Å²) in [5, 5.41) is 3.03. The molecule has 4 heteroatoms. The van der Waals surface area contributed by atoms with Crippen molar-refractivity contribution in [1.82, 2.24) is 5.32 Å². The second kappa shape index (κ2) is 5.12. The molecular formula is C10H13BrN2O. The molecule has 0 spiro atoms. The molecule has 0 fully saturated rings. The fourth-order valence-corrected chi connectivity index (χ4v) is 1.39. The molecule has 0 heterocycles. The van der Waals surface area contributed by atoms with Crippen molar-refractivity contribution in [2.45, 2.75) is 13.0 Å². The van der Waals surface area contributed by atoms with Crippen LogP contribution in [0.4, 0.5) is 0 Å². The van der Waals surface area contributed by atoms with Gasteiger partial charge in [-0.15, -0.1) is 0 Å². The molecule has 0 bridgehead atoms. The first-order valence-corrected chi connectivity index (χ1v) is 5.16. The van der Waals surface area contributed by atoms with Crippen LogP contribution in [0.5, 0.6) is 0 Å². The molecule has 0 aliphatic carbocycles. The lowest BCUT2D eigenvalue weighted by Gasteiger charge is -2.12. The number of hydrogen-bond acceptors (Lipinski definition) is 2. The van der Waals surface area contributed by atoms with Gasteiger partial charge in [0.15, 0.2) is 0 Å². The van der Waals surface area contributed by atoms with Gasteiger partial charge in [0, 0.05) is 10.5 Å². The van der Waals surface area contributed by atoms with Gasteiger partial charge in [0.2, 0.25) is 5.91 Å². The van der Waals surface area contributed by atoms with Crippen molar-refractivity contribution < 1.29 is 4.79 Å². The number of nitrogens with two attached hydrogens (primary N) is 1. The topological polar surface area (TPSA) is 55.1 Å². The third-order valence-electron chi connectivity index (χ3n) is 1.95. The van der Waals surface area contributed by atoms with Crippen LogP contribution in [0.2, 0.25) is 0 Å². The van der Waals surface area contributed by atoms with Crippen LogP contribution in [0, 0.1) is 0 Å². The van der Waals surface area contributed by atoms with Crippen molar-refractivity contribution in [3.05, 3.63) is 34.3 Å². The Kier molecular flexibility index (Phi) is 4.10. The Morgan fingerprint density at radius 3 is 2.57 bits per heavy atom. The summed E-state index contributed by atoms with van der Waals surface area (Å²) in [6.45, 7) is 2.20. The minimum Gasteiger partial charge on any atom is -0.369 e. The fraction of sp³-hybridized carbons (Fsp3) is 0.300. The third-order valence-corrected chi connectivity index (χ3v) is 2.48. The van der Waals surface area contributed by atoms with E-state index in [2.05, 4.69) is 21.2 Å². The van der Waals surface area contributed by atoms with Gasteiger partial charge < -0.3 is 11.1 Å². The first-order valence-electron chi connectivity index (χ1n) is 4.36. The second-order valence-electron chi connectivity index (χ2n) is 3.12. The molecular weight excluding hydrogens is 244 g/mol. The van der Waals surface area contributed by atoms with Gasteiger partial charge in [0.1, 0.15) is 0 Å². The number of amides is 1. The number of benzene rings is 1. The summed E-state index contributed by atoms with van der Waals surface area (Å²) in [5.74, 6) is -0.339. The average Bonchev–Trinajstić information content (AvgIpc) is 2.15. The molecule has 0 aromatic heterocycles. The van der Waals surface area contributed by atoms with Gasteiger partial charge in [0.25, 0.3) is 0 Å². The largest absolute Gasteiger partial charge is 0.369 e. The highest BCUT2D eigenvalue weighted by Gasteiger charge is 2.04. The van der Waals surface area contributed by atoms with E-state index >= 15 is 0 Å². The Labute approximate surface area is 91.8 Å². The first-order chi connectivity index (χ1) is 6.59. The molecule has 3 nitrogen and oxygen atoms in total. The number of nitrogens with one attached hydrogen (secondary N) is 1. The highest BCUT2D eigenvalue weighted by molar-refractivity contribution is 9.10. The average molecular weight is 257 g/mol. The van der Waals surface area contributed by atoms with Crippen LogP contribution in [0.15, 0.2) is 28.7 Å². The van der Waals surface area contributed by atoms with Gasteiger partial charge >= 0.3 is 0 Å². The van der Waals surface area contributed by atoms with E-state index in [0.29, 0.717) is 0 Å². The summed E-state index contributed by atoms with van der Waals surface area (Å²) in [4.78, 5) is 10.5. The molecule has 1 aromatic carbocycles. The van der Waals surface area contributed by atoms with Crippen LogP contribution in [0.1, 0.15) is 18.5 Å². The standard InChI is InChI=1S/C10H13BrN2O/c1-7(13-6-10(12)14)8-2-4-9(11)5-3-8/h2-5,7,13H,6H2,1H3,(H2,12,14). The van der Waals surface area contributed by atoms with Crippen molar-refractivity contribution in [2.24, 2.45) is 5.73 Å². The first kappa shape index (κ1) is 11.2. The second-order valence-corrected chi connectivity index (χ2v) is 4.04. The number of carbonyl (C=O) groups is 1. The number of hydrogen-bond donors (Lipinski definition) is 2. The van der Waals surface area contributed by atoms with Crippen molar-refractivity contribution in [3.8, 4) is 0 Å². The predicted molar refractivity (Wildman–Crippen MR) is 59.8 cm³/mol. The zero-order valence-electron chi connectivity index (χ0n) is 7.96. The Bertz CT molecular complexity index is 310. The maximum absolute atomic E-state index is 10.5. The van der Waals surface area contributed by atoms with Gasteiger partial charge in [-0.2, -0.15) is 0 Å². The number of primary amides is 1. The molecule has 0 aliphatic rings. The number of carbonyl (C=O) groups excluding carboxylic acids is 1. The lowest BCUT2D eigenvalue weighted by atomic mass is 10.1. The van der Waals surface area contributed by atoms with Crippen LogP contribution in [0.3, 0.4) is 0 Å². The van der Waals surface area contributed by atoms with Crippen molar-refractivity contribution >= 4 is 21.8 Å². The zero-order valence-corrected chi connectivity index (χ0v) is 9.54. The van der Waals surface area contributed by atoms with Crippen molar-refractivity contribution in [2.75, 3.05) is 6.54 Å². The Morgan fingerprint density at radius 1 is 1.50 bits per heavy atom. The quantitative estimate of drug-likeness (QED) is 0.860. The number of halogens is 1. The van der Waals surface area contributed by atoms with E-state index in [0.717, 1.165) is 10.0 Å². The molecule has 76 valence electrons. The maximum atomic E-state index is 10.5. The maximum Gasteiger partial charge on any atom is 0.231 e. The summed E-state index contributed by atoms with van der Waals surface area (Å²) in [5.41, 5.74) is 6.17. The summed E-state index contributed by atoms with van der Waals surface area (Å²) >= 11 is 3.36. The fourth-order valence-electron chi connectivity index (χ4n) is 1.12. The minimum absolute atomic E-state index is 0.135. The summed E-state index contributed by atoms with van der Waals surface area (Å²) in [7, 11) is 0. The lowest BCUT2D eigenvalue weighted by molar-refractivity contribution is -0.117. The monoisotopic (exact) mass is 256 g/mol. The van der Waals surface area contributed by atoms with Crippen LogP contribution in [-0.2, 0) is 4.79 Å². The van der Waals surface area contributed by atoms with E-state index in [1.807, 2.05) is 31.2 Å². The molecule has 14 heavy (non-hydrogen) atoms. The summed E-state index contributed by atoms with van der Waals surface area (Å²) < 4.78 is 1.04. The normalized spacial score (nSPS) is 12.4. The van der Waals surface area contributed by atoms with E-state index in [-0.39, 0.29) is 18.5 Å². The zero-order chi connectivity index (χ0) is 10.6. The molecule has 1 atom stereocenters. The van der Waals surface area contributed by atoms with E-state index < -0.39 is 0 Å². The van der Waals surface area contributed by atoms with Crippen LogP contribution < -0.4 is 11.1 Å². The molecule has 1 unspecified atom stereocenters.